The van der Waals surface area contributed by atoms with E-state index in [0.29, 0.717) is 5.56 Å². The zero-order valence-corrected chi connectivity index (χ0v) is 13.0. The number of amides is 1. The van der Waals surface area contributed by atoms with Gasteiger partial charge in [-0.25, -0.2) is 4.79 Å². The summed E-state index contributed by atoms with van der Waals surface area (Å²) in [5.74, 6) is -0.910. The molecule has 2 rings (SSSR count). The summed E-state index contributed by atoms with van der Waals surface area (Å²) >= 11 is 0. The predicted molar refractivity (Wildman–Crippen MR) is 89.0 cm³/mol. The summed E-state index contributed by atoms with van der Waals surface area (Å²) in [6.07, 6.45) is 1.69. The number of hydrogen-bond acceptors (Lipinski definition) is 3. The molecule has 1 N–H and O–H groups in total. The maximum absolute atomic E-state index is 12.5. The first-order valence-electron chi connectivity index (χ1n) is 7.25. The highest BCUT2D eigenvalue weighted by atomic mass is 16.5. The van der Waals surface area contributed by atoms with Crippen LogP contribution in [0.15, 0.2) is 73.3 Å². The van der Waals surface area contributed by atoms with Crippen molar-refractivity contribution < 1.29 is 14.3 Å². The monoisotopic (exact) mass is 309 g/mol. The molecule has 0 fully saturated rings. The molecule has 0 radical (unpaired) electrons. The molecule has 4 nitrogen and oxygen atoms in total. The normalized spacial score (nSPS) is 12.7. The van der Waals surface area contributed by atoms with Crippen LogP contribution >= 0.6 is 0 Å². The number of benzene rings is 2. The smallest absolute Gasteiger partial charge is 0.336 e. The highest BCUT2D eigenvalue weighted by Gasteiger charge is 2.38. The van der Waals surface area contributed by atoms with Crippen LogP contribution < -0.4 is 5.32 Å². The molecule has 0 bridgehead atoms. The maximum atomic E-state index is 12.5. The van der Waals surface area contributed by atoms with Gasteiger partial charge in [0.05, 0.1) is 7.11 Å². The second-order valence-electron chi connectivity index (χ2n) is 5.15. The lowest BCUT2D eigenvalue weighted by Crippen LogP contribution is -2.55. The predicted octanol–water partition coefficient (Wildman–Crippen LogP) is 2.76. The van der Waals surface area contributed by atoms with E-state index in [-0.39, 0.29) is 12.3 Å². The van der Waals surface area contributed by atoms with E-state index in [2.05, 4.69) is 11.9 Å². The topological polar surface area (TPSA) is 55.4 Å². The number of rotatable bonds is 6. The number of esters is 1. The lowest BCUT2D eigenvalue weighted by Gasteiger charge is -2.29. The molecule has 0 aliphatic heterocycles. The molecule has 0 saturated carbocycles. The van der Waals surface area contributed by atoms with Crippen LogP contribution in [0.3, 0.4) is 0 Å². The Hall–Kier alpha value is -2.88. The quantitative estimate of drug-likeness (QED) is 0.659. The lowest BCUT2D eigenvalue weighted by atomic mass is 9.90. The standard InChI is InChI=1S/C19H19NO3/c1-3-19(18(22)23-2,14-15-10-6-4-7-11-15)20-17(21)16-12-8-5-9-13-16/h3-13H,1,14H2,2H3,(H,20,21)/t19-/m1/s1. The van der Waals surface area contributed by atoms with Gasteiger partial charge < -0.3 is 10.1 Å². The Morgan fingerprint density at radius 1 is 1.09 bits per heavy atom. The van der Waals surface area contributed by atoms with Crippen LogP contribution in [0.4, 0.5) is 0 Å². The number of nitrogens with one attached hydrogen (secondary N) is 1. The highest BCUT2D eigenvalue weighted by Crippen LogP contribution is 2.18. The number of hydrogen-bond donors (Lipinski definition) is 1. The third kappa shape index (κ3) is 3.86. The fourth-order valence-electron chi connectivity index (χ4n) is 2.34. The summed E-state index contributed by atoms with van der Waals surface area (Å²) in [6, 6.07) is 18.1. The Kier molecular flexibility index (Phi) is 5.31. The fraction of sp³-hybridized carbons (Fsp3) is 0.158. The third-order valence-corrected chi connectivity index (χ3v) is 3.60. The Bertz CT molecular complexity index is 682. The largest absolute Gasteiger partial charge is 0.467 e. The molecule has 1 atom stereocenters. The van der Waals surface area contributed by atoms with Crippen molar-refractivity contribution in [3.63, 3.8) is 0 Å². The van der Waals surface area contributed by atoms with Crippen molar-refractivity contribution >= 4 is 11.9 Å². The van der Waals surface area contributed by atoms with Crippen molar-refractivity contribution in [3.05, 3.63) is 84.4 Å². The highest BCUT2D eigenvalue weighted by molar-refractivity contribution is 5.99. The summed E-state index contributed by atoms with van der Waals surface area (Å²) in [5.41, 5.74) is 0.0464. The van der Waals surface area contributed by atoms with Crippen LogP contribution in [0.5, 0.6) is 0 Å². The van der Waals surface area contributed by atoms with Crippen LogP contribution in [-0.4, -0.2) is 24.5 Å². The van der Waals surface area contributed by atoms with Crippen molar-refractivity contribution in [2.24, 2.45) is 0 Å². The Labute approximate surface area is 135 Å². The maximum Gasteiger partial charge on any atom is 0.336 e. The van der Waals surface area contributed by atoms with Crippen LogP contribution in [0, 0.1) is 0 Å². The minimum absolute atomic E-state index is 0.266. The summed E-state index contributed by atoms with van der Waals surface area (Å²) in [5, 5.41) is 2.76. The molecule has 0 aromatic heterocycles. The number of carbonyl (C=O) groups is 2. The first-order valence-corrected chi connectivity index (χ1v) is 7.25. The summed E-state index contributed by atoms with van der Waals surface area (Å²) < 4.78 is 4.89. The Morgan fingerprint density at radius 3 is 2.17 bits per heavy atom. The van der Waals surface area contributed by atoms with Gasteiger partial charge in [0.25, 0.3) is 5.91 Å². The molecule has 0 saturated heterocycles. The average molecular weight is 309 g/mol. The van der Waals surface area contributed by atoms with E-state index >= 15 is 0 Å². The molecule has 0 unspecified atom stereocenters. The molecule has 0 heterocycles. The van der Waals surface area contributed by atoms with E-state index in [9.17, 15) is 9.59 Å². The number of methoxy groups -OCH3 is 1. The summed E-state index contributed by atoms with van der Waals surface area (Å²) in [6.45, 7) is 3.73. The number of carbonyl (C=O) groups excluding carboxylic acids is 2. The summed E-state index contributed by atoms with van der Waals surface area (Å²) in [4.78, 5) is 24.8. The van der Waals surface area contributed by atoms with Gasteiger partial charge in [-0.15, -0.1) is 6.58 Å². The summed E-state index contributed by atoms with van der Waals surface area (Å²) in [7, 11) is 1.29. The lowest BCUT2D eigenvalue weighted by molar-refractivity contribution is -0.146. The third-order valence-electron chi connectivity index (χ3n) is 3.60. The van der Waals surface area contributed by atoms with Crippen molar-refractivity contribution in [1.82, 2.24) is 5.32 Å². The van der Waals surface area contributed by atoms with Gasteiger partial charge in [0.2, 0.25) is 0 Å². The van der Waals surface area contributed by atoms with Crippen LogP contribution in [0.1, 0.15) is 15.9 Å². The number of ether oxygens (including phenoxy) is 1. The molecule has 0 aliphatic rings. The second kappa shape index (κ2) is 7.40. The van der Waals surface area contributed by atoms with Crippen LogP contribution in [-0.2, 0) is 16.0 Å². The first kappa shape index (κ1) is 16.5. The van der Waals surface area contributed by atoms with Crippen molar-refractivity contribution in [2.75, 3.05) is 7.11 Å². The van der Waals surface area contributed by atoms with Crippen molar-refractivity contribution in [1.29, 1.82) is 0 Å². The molecule has 2 aromatic rings. The average Bonchev–Trinajstić information content (AvgIpc) is 2.61. The van der Waals surface area contributed by atoms with E-state index in [0.717, 1.165) is 5.56 Å². The van der Waals surface area contributed by atoms with Crippen LogP contribution in [0.25, 0.3) is 0 Å². The zero-order chi connectivity index (χ0) is 16.7. The van der Waals surface area contributed by atoms with E-state index < -0.39 is 11.5 Å². The molecular weight excluding hydrogens is 290 g/mol. The van der Waals surface area contributed by atoms with E-state index in [1.807, 2.05) is 36.4 Å². The van der Waals surface area contributed by atoms with Gasteiger partial charge in [-0.2, -0.15) is 0 Å². The molecule has 1 amide bonds. The molecule has 23 heavy (non-hydrogen) atoms. The molecule has 0 spiro atoms. The van der Waals surface area contributed by atoms with Crippen molar-refractivity contribution in [2.45, 2.75) is 12.0 Å². The minimum Gasteiger partial charge on any atom is -0.467 e. The Morgan fingerprint density at radius 2 is 1.65 bits per heavy atom. The molecule has 2 aromatic carbocycles. The Balaban J connectivity index is 2.31. The van der Waals surface area contributed by atoms with Gasteiger partial charge in [0.1, 0.15) is 0 Å². The van der Waals surface area contributed by atoms with E-state index in [1.165, 1.54) is 13.2 Å². The van der Waals surface area contributed by atoms with Gasteiger partial charge in [-0.1, -0.05) is 54.6 Å². The second-order valence-corrected chi connectivity index (χ2v) is 5.15. The van der Waals surface area contributed by atoms with Gasteiger partial charge in [-0.05, 0) is 17.7 Å². The SMILES string of the molecule is C=C[C@](Cc1ccccc1)(NC(=O)c1ccccc1)C(=O)OC. The van der Waals surface area contributed by atoms with E-state index in [1.54, 1.807) is 24.3 Å². The van der Waals surface area contributed by atoms with Crippen molar-refractivity contribution in [3.8, 4) is 0 Å². The fourth-order valence-corrected chi connectivity index (χ4v) is 2.34. The zero-order valence-electron chi connectivity index (χ0n) is 13.0. The molecule has 118 valence electrons. The molecule has 0 aliphatic carbocycles. The van der Waals surface area contributed by atoms with Gasteiger partial charge in [0.15, 0.2) is 5.54 Å². The first-order chi connectivity index (χ1) is 11.1. The van der Waals surface area contributed by atoms with Crippen LogP contribution in [0.2, 0.25) is 0 Å². The van der Waals surface area contributed by atoms with E-state index in [4.69, 9.17) is 4.74 Å². The van der Waals surface area contributed by atoms with Gasteiger partial charge >= 0.3 is 5.97 Å². The van der Waals surface area contributed by atoms with Gasteiger partial charge in [-0.3, -0.25) is 4.79 Å². The molecular formula is C19H19NO3. The minimum atomic E-state index is -1.32. The van der Waals surface area contributed by atoms with Gasteiger partial charge in [0, 0.05) is 12.0 Å². The molecule has 4 heteroatoms.